The lowest BCUT2D eigenvalue weighted by Gasteiger charge is -2.17. The topological polar surface area (TPSA) is 29.9 Å². The van der Waals surface area contributed by atoms with Crippen LogP contribution in [0, 0.1) is 12.7 Å². The van der Waals surface area contributed by atoms with Gasteiger partial charge in [-0.15, -0.1) is 0 Å². The first kappa shape index (κ1) is 12.8. The van der Waals surface area contributed by atoms with Crippen molar-refractivity contribution >= 4 is 0 Å². The average molecular weight is 247 g/mol. The summed E-state index contributed by atoms with van der Waals surface area (Å²) in [7, 11) is 1.87. The molecule has 1 heterocycles. The largest absolute Gasteiger partial charge is 0.309 e. The van der Waals surface area contributed by atoms with Crippen LogP contribution in [0.4, 0.5) is 4.39 Å². The predicted molar refractivity (Wildman–Crippen MR) is 69.9 cm³/mol. The summed E-state index contributed by atoms with van der Waals surface area (Å²) in [5.41, 5.74) is 3.07. The van der Waals surface area contributed by atoms with Crippen molar-refractivity contribution in [1.29, 1.82) is 0 Å². The van der Waals surface area contributed by atoms with Gasteiger partial charge in [0.05, 0.1) is 12.2 Å². The van der Waals surface area contributed by atoms with Crippen molar-refractivity contribution < 1.29 is 4.39 Å². The Morgan fingerprint density at radius 2 is 2.22 bits per heavy atom. The summed E-state index contributed by atoms with van der Waals surface area (Å²) in [4.78, 5) is 0. The molecule has 96 valence electrons. The van der Waals surface area contributed by atoms with Gasteiger partial charge in [0, 0.05) is 18.3 Å². The van der Waals surface area contributed by atoms with Crippen LogP contribution in [-0.4, -0.2) is 16.8 Å². The maximum absolute atomic E-state index is 13.4. The summed E-state index contributed by atoms with van der Waals surface area (Å²) >= 11 is 0. The third kappa shape index (κ3) is 2.43. The fourth-order valence-electron chi connectivity index (χ4n) is 2.13. The highest BCUT2D eigenvalue weighted by atomic mass is 19.1. The lowest BCUT2D eigenvalue weighted by molar-refractivity contribution is 0.614. The lowest BCUT2D eigenvalue weighted by atomic mass is 9.97. The van der Waals surface area contributed by atoms with Crippen molar-refractivity contribution in [2.75, 3.05) is 7.05 Å². The normalized spacial score (nSPS) is 12.7. The zero-order chi connectivity index (χ0) is 13.1. The molecule has 1 atom stereocenters. The SMILES string of the molecule is CCn1cc(C(NC)c2cc(F)ccc2C)cn1. The van der Waals surface area contributed by atoms with E-state index in [2.05, 4.69) is 10.4 Å². The van der Waals surface area contributed by atoms with E-state index in [-0.39, 0.29) is 11.9 Å². The number of benzene rings is 1. The summed E-state index contributed by atoms with van der Waals surface area (Å²) in [6.07, 6.45) is 3.82. The number of rotatable bonds is 4. The van der Waals surface area contributed by atoms with Gasteiger partial charge in [0.2, 0.25) is 0 Å². The van der Waals surface area contributed by atoms with Crippen molar-refractivity contribution in [3.8, 4) is 0 Å². The van der Waals surface area contributed by atoms with Gasteiger partial charge < -0.3 is 5.32 Å². The van der Waals surface area contributed by atoms with Gasteiger partial charge in [0.25, 0.3) is 0 Å². The highest BCUT2D eigenvalue weighted by Crippen LogP contribution is 2.25. The molecule has 2 aromatic rings. The highest BCUT2D eigenvalue weighted by Gasteiger charge is 2.16. The van der Waals surface area contributed by atoms with Gasteiger partial charge in [-0.05, 0) is 44.2 Å². The number of aromatic nitrogens is 2. The first-order chi connectivity index (χ1) is 8.65. The average Bonchev–Trinajstić information content (AvgIpc) is 2.83. The fourth-order valence-corrected chi connectivity index (χ4v) is 2.13. The minimum atomic E-state index is -0.210. The molecule has 1 N–H and O–H groups in total. The molecule has 0 bridgehead atoms. The Morgan fingerprint density at radius 1 is 1.44 bits per heavy atom. The molecule has 0 amide bonds. The van der Waals surface area contributed by atoms with Gasteiger partial charge in [0.15, 0.2) is 0 Å². The Labute approximate surface area is 107 Å². The summed E-state index contributed by atoms with van der Waals surface area (Å²) in [6.45, 7) is 4.86. The number of hydrogen-bond donors (Lipinski definition) is 1. The van der Waals surface area contributed by atoms with Crippen LogP contribution < -0.4 is 5.32 Å². The number of aryl methyl sites for hydroxylation is 2. The smallest absolute Gasteiger partial charge is 0.123 e. The van der Waals surface area contributed by atoms with Gasteiger partial charge in [-0.25, -0.2) is 4.39 Å². The Hall–Kier alpha value is -1.68. The first-order valence-corrected chi connectivity index (χ1v) is 6.11. The van der Waals surface area contributed by atoms with E-state index < -0.39 is 0 Å². The van der Waals surface area contributed by atoms with E-state index >= 15 is 0 Å². The molecule has 0 aliphatic carbocycles. The quantitative estimate of drug-likeness (QED) is 0.900. The van der Waals surface area contributed by atoms with Crippen LogP contribution in [0.5, 0.6) is 0 Å². The van der Waals surface area contributed by atoms with Crippen molar-refractivity contribution in [2.45, 2.75) is 26.4 Å². The van der Waals surface area contributed by atoms with Gasteiger partial charge in [-0.3, -0.25) is 4.68 Å². The van der Waals surface area contributed by atoms with E-state index in [1.807, 2.05) is 38.0 Å². The molecule has 0 radical (unpaired) electrons. The molecule has 0 spiro atoms. The third-order valence-corrected chi connectivity index (χ3v) is 3.15. The Balaban J connectivity index is 2.41. The van der Waals surface area contributed by atoms with Gasteiger partial charge in [-0.1, -0.05) is 6.07 Å². The number of hydrogen-bond acceptors (Lipinski definition) is 2. The van der Waals surface area contributed by atoms with Crippen molar-refractivity contribution in [3.63, 3.8) is 0 Å². The minimum absolute atomic E-state index is 0.0269. The second kappa shape index (κ2) is 5.31. The van der Waals surface area contributed by atoms with E-state index in [0.717, 1.165) is 23.2 Å². The van der Waals surface area contributed by atoms with E-state index in [1.165, 1.54) is 6.07 Å². The Kier molecular flexibility index (Phi) is 3.77. The summed E-state index contributed by atoms with van der Waals surface area (Å²) in [5.74, 6) is -0.210. The maximum Gasteiger partial charge on any atom is 0.123 e. The Bertz CT molecular complexity index is 534. The molecular formula is C14H18FN3. The molecule has 0 aliphatic rings. The summed E-state index contributed by atoms with van der Waals surface area (Å²) in [5, 5.41) is 7.48. The van der Waals surface area contributed by atoms with Crippen molar-refractivity contribution in [1.82, 2.24) is 15.1 Å². The second-order valence-electron chi connectivity index (χ2n) is 4.35. The van der Waals surface area contributed by atoms with Crippen LogP contribution in [0.3, 0.4) is 0 Å². The predicted octanol–water partition coefficient (Wildman–Crippen LogP) is 2.66. The molecule has 3 nitrogen and oxygen atoms in total. The van der Waals surface area contributed by atoms with E-state index in [1.54, 1.807) is 12.1 Å². The van der Waals surface area contributed by atoms with Crippen molar-refractivity contribution in [2.24, 2.45) is 0 Å². The number of nitrogens with zero attached hydrogens (tertiary/aromatic N) is 2. The molecule has 0 saturated heterocycles. The molecular weight excluding hydrogens is 229 g/mol. The molecule has 0 fully saturated rings. The Morgan fingerprint density at radius 3 is 2.83 bits per heavy atom. The molecule has 1 aromatic carbocycles. The summed E-state index contributed by atoms with van der Waals surface area (Å²) in [6, 6.07) is 4.85. The standard InChI is InChI=1S/C14H18FN3/c1-4-18-9-11(8-17-18)14(16-3)13-7-12(15)6-5-10(13)2/h5-9,14,16H,4H2,1-3H3. The zero-order valence-corrected chi connectivity index (χ0v) is 10.9. The fraction of sp³-hybridized carbons (Fsp3) is 0.357. The summed E-state index contributed by atoms with van der Waals surface area (Å²) < 4.78 is 15.3. The van der Waals surface area contributed by atoms with Gasteiger partial charge >= 0.3 is 0 Å². The van der Waals surface area contributed by atoms with Crippen LogP contribution in [0.2, 0.25) is 0 Å². The molecule has 18 heavy (non-hydrogen) atoms. The zero-order valence-electron chi connectivity index (χ0n) is 10.9. The van der Waals surface area contributed by atoms with Crippen molar-refractivity contribution in [3.05, 3.63) is 53.1 Å². The van der Waals surface area contributed by atoms with Crippen LogP contribution in [-0.2, 0) is 6.54 Å². The molecule has 0 aliphatic heterocycles. The lowest BCUT2D eigenvalue weighted by Crippen LogP contribution is -2.18. The molecule has 0 saturated carbocycles. The third-order valence-electron chi connectivity index (χ3n) is 3.15. The second-order valence-corrected chi connectivity index (χ2v) is 4.35. The van der Waals surface area contributed by atoms with Crippen LogP contribution in [0.25, 0.3) is 0 Å². The maximum atomic E-state index is 13.4. The van der Waals surface area contributed by atoms with Gasteiger partial charge in [0.1, 0.15) is 5.82 Å². The monoisotopic (exact) mass is 247 g/mol. The molecule has 1 unspecified atom stereocenters. The van der Waals surface area contributed by atoms with E-state index in [4.69, 9.17) is 0 Å². The van der Waals surface area contributed by atoms with E-state index in [9.17, 15) is 4.39 Å². The molecule has 2 rings (SSSR count). The number of halogens is 1. The van der Waals surface area contributed by atoms with Crippen LogP contribution in [0.15, 0.2) is 30.6 Å². The molecule has 4 heteroatoms. The van der Waals surface area contributed by atoms with E-state index in [0.29, 0.717) is 0 Å². The first-order valence-electron chi connectivity index (χ1n) is 6.11. The molecule has 1 aromatic heterocycles. The van der Waals surface area contributed by atoms with Crippen LogP contribution in [0.1, 0.15) is 29.7 Å². The minimum Gasteiger partial charge on any atom is -0.309 e. The van der Waals surface area contributed by atoms with Gasteiger partial charge in [-0.2, -0.15) is 5.10 Å². The number of nitrogens with one attached hydrogen (secondary N) is 1. The highest BCUT2D eigenvalue weighted by molar-refractivity contribution is 5.35. The van der Waals surface area contributed by atoms with Crippen LogP contribution >= 0.6 is 0 Å².